The van der Waals surface area contributed by atoms with Crippen molar-refractivity contribution in [2.24, 2.45) is 5.73 Å². The van der Waals surface area contributed by atoms with E-state index in [2.05, 4.69) is 39.4 Å². The van der Waals surface area contributed by atoms with Crippen molar-refractivity contribution < 1.29 is 0 Å². The van der Waals surface area contributed by atoms with E-state index < -0.39 is 0 Å². The Balaban J connectivity index is 1.46. The summed E-state index contributed by atoms with van der Waals surface area (Å²) in [5, 5.41) is 12.9. The Morgan fingerprint density at radius 2 is 1.62 bits per heavy atom. The van der Waals surface area contributed by atoms with Gasteiger partial charge in [0.25, 0.3) is 0 Å². The second-order valence-electron chi connectivity index (χ2n) is 6.71. The average Bonchev–Trinajstić information content (AvgIpc) is 3.24. The van der Waals surface area contributed by atoms with Crippen molar-refractivity contribution in [1.82, 2.24) is 20.2 Å². The number of benzene rings is 3. The first kappa shape index (κ1) is 18.6. The predicted octanol–water partition coefficient (Wildman–Crippen LogP) is 3.44. The van der Waals surface area contributed by atoms with Crippen LogP contribution in [0.25, 0.3) is 11.4 Å². The highest BCUT2D eigenvalue weighted by Crippen LogP contribution is 2.15. The molecule has 4 aromatic rings. The lowest BCUT2D eigenvalue weighted by Crippen LogP contribution is -2.04. The normalized spacial score (nSPS) is 10.4. The topological polar surface area (TPSA) is 69.6 Å². The van der Waals surface area contributed by atoms with Gasteiger partial charge < -0.3 is 5.73 Å². The van der Waals surface area contributed by atoms with Crippen LogP contribution in [0.4, 0.5) is 0 Å². The molecule has 3 aromatic carbocycles. The minimum Gasteiger partial charge on any atom is -0.326 e. The highest BCUT2D eigenvalue weighted by atomic mass is 15.6. The third-order valence-corrected chi connectivity index (χ3v) is 4.52. The molecule has 1 aromatic heterocycles. The van der Waals surface area contributed by atoms with Crippen LogP contribution >= 0.6 is 0 Å². The molecule has 0 fully saturated rings. The van der Waals surface area contributed by atoms with Crippen LogP contribution in [0.5, 0.6) is 0 Å². The van der Waals surface area contributed by atoms with Gasteiger partial charge >= 0.3 is 0 Å². The third-order valence-electron chi connectivity index (χ3n) is 4.52. The lowest BCUT2D eigenvalue weighted by molar-refractivity contribution is 0.572. The molecule has 0 atom stereocenters. The first-order valence-electron chi connectivity index (χ1n) is 9.49. The summed E-state index contributed by atoms with van der Waals surface area (Å²) in [6.07, 6.45) is 0.725. The Kier molecular flexibility index (Phi) is 5.75. The van der Waals surface area contributed by atoms with Gasteiger partial charge in [-0.25, -0.2) is 0 Å². The number of rotatable bonds is 5. The molecular weight excluding hydrogens is 358 g/mol. The van der Waals surface area contributed by atoms with Crippen LogP contribution < -0.4 is 5.73 Å². The standard InChI is InChI=1S/C24H21N5/c25-17-21-12-14-22(15-13-21)18-29-27-24(26-28-29)23-11-5-10-20(16-23)9-4-8-19-6-2-1-3-7-19/h1-3,5-7,10-16H,8,17-18,25H2. The van der Waals surface area contributed by atoms with Gasteiger partial charge in [-0.05, 0) is 34.0 Å². The summed E-state index contributed by atoms with van der Waals surface area (Å²) in [6, 6.07) is 26.3. The maximum atomic E-state index is 5.64. The van der Waals surface area contributed by atoms with Crippen molar-refractivity contribution in [3.63, 3.8) is 0 Å². The summed E-state index contributed by atoms with van der Waals surface area (Å²) in [5.41, 5.74) is 10.9. The first-order chi connectivity index (χ1) is 14.3. The molecule has 0 saturated heterocycles. The van der Waals surface area contributed by atoms with E-state index in [0.29, 0.717) is 18.9 Å². The molecule has 0 aliphatic rings. The maximum Gasteiger partial charge on any atom is 0.204 e. The minimum atomic E-state index is 0.538. The van der Waals surface area contributed by atoms with Crippen LogP contribution in [0, 0.1) is 11.8 Å². The number of nitrogens with zero attached hydrogens (tertiary/aromatic N) is 4. The molecule has 0 bridgehead atoms. The zero-order valence-corrected chi connectivity index (χ0v) is 16.0. The quantitative estimate of drug-likeness (QED) is 0.539. The van der Waals surface area contributed by atoms with E-state index in [1.54, 1.807) is 4.80 Å². The van der Waals surface area contributed by atoms with Gasteiger partial charge in [-0.2, -0.15) is 4.80 Å². The highest BCUT2D eigenvalue weighted by Gasteiger charge is 2.07. The van der Waals surface area contributed by atoms with Crippen LogP contribution in [-0.4, -0.2) is 20.2 Å². The highest BCUT2D eigenvalue weighted by molar-refractivity contribution is 5.57. The Morgan fingerprint density at radius 1 is 0.828 bits per heavy atom. The van der Waals surface area contributed by atoms with Gasteiger partial charge in [-0.3, -0.25) is 0 Å². The van der Waals surface area contributed by atoms with E-state index in [1.165, 1.54) is 5.56 Å². The number of aromatic nitrogens is 4. The molecule has 5 heteroatoms. The maximum absolute atomic E-state index is 5.64. The smallest absolute Gasteiger partial charge is 0.204 e. The molecule has 2 N–H and O–H groups in total. The lowest BCUT2D eigenvalue weighted by atomic mass is 10.1. The van der Waals surface area contributed by atoms with Gasteiger partial charge in [-0.15, -0.1) is 10.2 Å². The summed E-state index contributed by atoms with van der Waals surface area (Å²) in [4.78, 5) is 1.60. The predicted molar refractivity (Wildman–Crippen MR) is 114 cm³/mol. The van der Waals surface area contributed by atoms with Crippen LogP contribution in [-0.2, 0) is 19.5 Å². The van der Waals surface area contributed by atoms with Crippen molar-refractivity contribution in [2.45, 2.75) is 19.5 Å². The molecule has 0 aliphatic carbocycles. The monoisotopic (exact) mass is 379 g/mol. The Morgan fingerprint density at radius 3 is 2.41 bits per heavy atom. The fraction of sp³-hybridized carbons (Fsp3) is 0.125. The second-order valence-corrected chi connectivity index (χ2v) is 6.71. The van der Waals surface area contributed by atoms with Gasteiger partial charge in [0.2, 0.25) is 5.82 Å². The molecule has 29 heavy (non-hydrogen) atoms. The van der Waals surface area contributed by atoms with E-state index in [-0.39, 0.29) is 0 Å². The molecular formula is C24H21N5. The van der Waals surface area contributed by atoms with Crippen LogP contribution in [0.2, 0.25) is 0 Å². The molecule has 1 heterocycles. The van der Waals surface area contributed by atoms with Gasteiger partial charge in [0.05, 0.1) is 6.54 Å². The van der Waals surface area contributed by atoms with E-state index >= 15 is 0 Å². The minimum absolute atomic E-state index is 0.538. The van der Waals surface area contributed by atoms with E-state index in [1.807, 2.05) is 66.7 Å². The van der Waals surface area contributed by atoms with Crippen LogP contribution in [0.1, 0.15) is 22.3 Å². The van der Waals surface area contributed by atoms with Crippen molar-refractivity contribution in [3.05, 3.63) is 101 Å². The largest absolute Gasteiger partial charge is 0.326 e. The van der Waals surface area contributed by atoms with Crippen molar-refractivity contribution in [2.75, 3.05) is 0 Å². The zero-order valence-electron chi connectivity index (χ0n) is 16.0. The summed E-state index contributed by atoms with van der Waals surface area (Å²) in [5.74, 6) is 7.03. The summed E-state index contributed by atoms with van der Waals surface area (Å²) < 4.78 is 0. The van der Waals surface area contributed by atoms with Gasteiger partial charge in [0, 0.05) is 24.1 Å². The fourth-order valence-electron chi connectivity index (χ4n) is 2.95. The first-order valence-corrected chi connectivity index (χ1v) is 9.49. The average molecular weight is 379 g/mol. The fourth-order valence-corrected chi connectivity index (χ4v) is 2.95. The molecule has 4 rings (SSSR count). The number of tetrazole rings is 1. The lowest BCUT2D eigenvalue weighted by Gasteiger charge is -2.01. The van der Waals surface area contributed by atoms with Gasteiger partial charge in [0.1, 0.15) is 0 Å². The number of hydrogen-bond acceptors (Lipinski definition) is 4. The Hall–Kier alpha value is -3.75. The molecule has 0 spiro atoms. The van der Waals surface area contributed by atoms with Crippen molar-refractivity contribution in [1.29, 1.82) is 0 Å². The van der Waals surface area contributed by atoms with E-state index in [0.717, 1.165) is 28.7 Å². The van der Waals surface area contributed by atoms with Gasteiger partial charge in [0.15, 0.2) is 0 Å². The van der Waals surface area contributed by atoms with Crippen molar-refractivity contribution >= 4 is 0 Å². The summed E-state index contributed by atoms with van der Waals surface area (Å²) >= 11 is 0. The Labute approximate surface area is 170 Å². The molecule has 0 aliphatic heterocycles. The van der Waals surface area contributed by atoms with E-state index in [9.17, 15) is 0 Å². The molecule has 0 radical (unpaired) electrons. The molecule has 142 valence electrons. The number of nitrogens with two attached hydrogens (primary N) is 1. The molecule has 0 saturated carbocycles. The SMILES string of the molecule is NCc1ccc(Cn2nnc(-c3cccc(C#CCc4ccccc4)c3)n2)cc1. The summed E-state index contributed by atoms with van der Waals surface area (Å²) in [7, 11) is 0. The zero-order chi connectivity index (χ0) is 19.9. The third kappa shape index (κ3) is 4.95. The summed E-state index contributed by atoms with van der Waals surface area (Å²) in [6.45, 7) is 1.10. The molecule has 0 amide bonds. The molecule has 0 unspecified atom stereocenters. The Bertz CT molecular complexity index is 1140. The number of hydrogen-bond donors (Lipinski definition) is 1. The van der Waals surface area contributed by atoms with Gasteiger partial charge in [-0.1, -0.05) is 78.6 Å². The van der Waals surface area contributed by atoms with Crippen LogP contribution in [0.3, 0.4) is 0 Å². The van der Waals surface area contributed by atoms with Crippen molar-refractivity contribution in [3.8, 4) is 23.2 Å². The van der Waals surface area contributed by atoms with E-state index in [4.69, 9.17) is 5.73 Å². The van der Waals surface area contributed by atoms with Crippen LogP contribution in [0.15, 0.2) is 78.9 Å². The second kappa shape index (κ2) is 8.96. The molecule has 5 nitrogen and oxygen atoms in total.